The van der Waals surface area contributed by atoms with Crippen LogP contribution in [0.25, 0.3) is 0 Å². The molecule has 0 atom stereocenters. The predicted molar refractivity (Wildman–Crippen MR) is 118 cm³/mol. The lowest BCUT2D eigenvalue weighted by Gasteiger charge is -2.09. The van der Waals surface area contributed by atoms with Crippen molar-refractivity contribution in [1.29, 1.82) is 0 Å². The summed E-state index contributed by atoms with van der Waals surface area (Å²) < 4.78 is 7.69. The summed E-state index contributed by atoms with van der Waals surface area (Å²) in [7, 11) is 0. The molecule has 0 unspecified atom stereocenters. The van der Waals surface area contributed by atoms with Gasteiger partial charge in [0.05, 0.1) is 10.7 Å². The molecule has 3 aromatic rings. The van der Waals surface area contributed by atoms with Crippen LogP contribution in [-0.4, -0.2) is 31.3 Å². The molecule has 0 aliphatic carbocycles. The minimum atomic E-state index is -0.529. The average Bonchev–Trinajstić information content (AvgIpc) is 3.18. The second kappa shape index (κ2) is 10.6. The van der Waals surface area contributed by atoms with Crippen molar-refractivity contribution in [2.75, 3.05) is 11.1 Å². The molecule has 10 heteroatoms. The number of carbonyl (C=O) groups excluding carboxylic acids is 1. The van der Waals surface area contributed by atoms with E-state index in [-0.39, 0.29) is 29.6 Å². The molecule has 0 aliphatic rings. The Kier molecular flexibility index (Phi) is 7.60. The number of nitro groups is 1. The van der Waals surface area contributed by atoms with Gasteiger partial charge in [-0.05, 0) is 37.1 Å². The fourth-order valence-electron chi connectivity index (χ4n) is 2.87. The molecule has 0 fully saturated rings. The van der Waals surface area contributed by atoms with Crippen molar-refractivity contribution in [3.05, 3.63) is 70.0 Å². The smallest absolute Gasteiger partial charge is 0.292 e. The monoisotopic (exact) mass is 441 g/mol. The van der Waals surface area contributed by atoms with E-state index in [4.69, 9.17) is 4.74 Å². The van der Waals surface area contributed by atoms with E-state index < -0.39 is 4.92 Å². The highest BCUT2D eigenvalue weighted by Gasteiger charge is 2.17. The number of rotatable bonds is 10. The summed E-state index contributed by atoms with van der Waals surface area (Å²) in [6.45, 7) is 4.93. The maximum atomic E-state index is 12.3. The van der Waals surface area contributed by atoms with Gasteiger partial charge in [0.1, 0.15) is 18.0 Å². The number of thioether (sulfide) groups is 1. The van der Waals surface area contributed by atoms with Gasteiger partial charge in [0.2, 0.25) is 5.91 Å². The molecular weight excluding hydrogens is 418 g/mol. The highest BCUT2D eigenvalue weighted by molar-refractivity contribution is 7.99. The Hall–Kier alpha value is -3.40. The number of anilines is 1. The van der Waals surface area contributed by atoms with E-state index in [2.05, 4.69) is 22.4 Å². The van der Waals surface area contributed by atoms with Crippen LogP contribution in [0.4, 0.5) is 11.4 Å². The summed E-state index contributed by atoms with van der Waals surface area (Å²) in [5.74, 6) is 1.09. The molecule has 1 N–H and O–H groups in total. The lowest BCUT2D eigenvalue weighted by Crippen LogP contribution is -2.15. The number of aromatic nitrogens is 3. The summed E-state index contributed by atoms with van der Waals surface area (Å²) in [6, 6.07) is 13.9. The molecule has 1 heterocycles. The molecule has 3 rings (SSSR count). The second-order valence-corrected chi connectivity index (χ2v) is 7.48. The van der Waals surface area contributed by atoms with E-state index in [9.17, 15) is 14.9 Å². The van der Waals surface area contributed by atoms with Crippen LogP contribution in [0, 0.1) is 10.1 Å². The fourth-order valence-corrected chi connectivity index (χ4v) is 3.70. The zero-order valence-corrected chi connectivity index (χ0v) is 18.1. The minimum Gasteiger partial charge on any atom is -0.486 e. The van der Waals surface area contributed by atoms with E-state index >= 15 is 0 Å². The molecule has 1 aromatic heterocycles. The van der Waals surface area contributed by atoms with Crippen molar-refractivity contribution in [3.8, 4) is 5.75 Å². The zero-order chi connectivity index (χ0) is 22.2. The third-order valence-corrected chi connectivity index (χ3v) is 5.48. The van der Waals surface area contributed by atoms with Gasteiger partial charge in [-0.2, -0.15) is 0 Å². The normalized spacial score (nSPS) is 10.6. The number of hydrogen-bond acceptors (Lipinski definition) is 7. The third kappa shape index (κ3) is 5.82. The number of ether oxygens (including phenoxy) is 1. The average molecular weight is 442 g/mol. The first-order valence-corrected chi connectivity index (χ1v) is 10.8. The summed E-state index contributed by atoms with van der Waals surface area (Å²) in [5.41, 5.74) is 1.25. The second-order valence-electron chi connectivity index (χ2n) is 6.54. The van der Waals surface area contributed by atoms with Crippen LogP contribution < -0.4 is 10.1 Å². The van der Waals surface area contributed by atoms with E-state index in [0.29, 0.717) is 17.5 Å². The van der Waals surface area contributed by atoms with Gasteiger partial charge >= 0.3 is 0 Å². The maximum absolute atomic E-state index is 12.3. The van der Waals surface area contributed by atoms with Crippen molar-refractivity contribution in [1.82, 2.24) is 14.8 Å². The van der Waals surface area contributed by atoms with Crippen molar-refractivity contribution >= 4 is 29.0 Å². The summed E-state index contributed by atoms with van der Waals surface area (Å²) in [6.07, 6.45) is 0.968. The van der Waals surface area contributed by atoms with Crippen LogP contribution in [0.3, 0.4) is 0 Å². The van der Waals surface area contributed by atoms with Gasteiger partial charge in [-0.3, -0.25) is 14.9 Å². The van der Waals surface area contributed by atoms with Gasteiger partial charge in [-0.1, -0.05) is 43.0 Å². The number of nitro benzene ring substituents is 1. The van der Waals surface area contributed by atoms with Crippen molar-refractivity contribution in [2.24, 2.45) is 0 Å². The van der Waals surface area contributed by atoms with Gasteiger partial charge < -0.3 is 14.6 Å². The first-order chi connectivity index (χ1) is 15.0. The molecule has 0 aliphatic heterocycles. The van der Waals surface area contributed by atoms with E-state index in [1.807, 2.05) is 35.8 Å². The Morgan fingerprint density at radius 2 is 1.90 bits per heavy atom. The molecule has 0 spiro atoms. The Morgan fingerprint density at radius 1 is 1.16 bits per heavy atom. The summed E-state index contributed by atoms with van der Waals surface area (Å²) in [5, 5.41) is 22.6. The standard InChI is InChI=1S/C21H23N5O4S/c1-3-15-9-11-16(12-10-15)30-13-19-23-24-21(25(19)4-2)31-14-20(27)22-17-7-5-6-8-18(17)26(28)29/h5-12H,3-4,13-14H2,1-2H3,(H,22,27). The van der Waals surface area contributed by atoms with Gasteiger partial charge in [0.25, 0.3) is 5.69 Å². The Labute approximate surface area is 184 Å². The molecule has 0 bridgehead atoms. The molecule has 0 radical (unpaired) electrons. The Bertz CT molecular complexity index is 1050. The highest BCUT2D eigenvalue weighted by Crippen LogP contribution is 2.24. The summed E-state index contributed by atoms with van der Waals surface area (Å²) in [4.78, 5) is 22.8. The van der Waals surface area contributed by atoms with Gasteiger partial charge in [0, 0.05) is 12.6 Å². The molecular formula is C21H23N5O4S. The zero-order valence-electron chi connectivity index (χ0n) is 17.3. The number of amides is 1. The summed E-state index contributed by atoms with van der Waals surface area (Å²) >= 11 is 1.21. The molecule has 0 saturated carbocycles. The van der Waals surface area contributed by atoms with Crippen LogP contribution in [0.1, 0.15) is 25.2 Å². The number of para-hydroxylation sites is 2. The highest BCUT2D eigenvalue weighted by atomic mass is 32.2. The lowest BCUT2D eigenvalue weighted by molar-refractivity contribution is -0.383. The van der Waals surface area contributed by atoms with Gasteiger partial charge in [0.15, 0.2) is 11.0 Å². The topological polar surface area (TPSA) is 112 Å². The number of hydrogen-bond donors (Lipinski definition) is 1. The number of aryl methyl sites for hydroxylation is 1. The fraction of sp³-hybridized carbons (Fsp3) is 0.286. The van der Waals surface area contributed by atoms with Crippen LogP contribution >= 0.6 is 11.8 Å². The molecule has 9 nitrogen and oxygen atoms in total. The van der Waals surface area contributed by atoms with Crippen LogP contribution in [0.2, 0.25) is 0 Å². The number of carbonyl (C=O) groups is 1. The molecule has 162 valence electrons. The predicted octanol–water partition coefficient (Wildman–Crippen LogP) is 4.08. The number of nitrogens with one attached hydrogen (secondary N) is 1. The van der Waals surface area contributed by atoms with E-state index in [1.165, 1.54) is 29.5 Å². The number of benzene rings is 2. The van der Waals surface area contributed by atoms with E-state index in [0.717, 1.165) is 12.2 Å². The SMILES string of the molecule is CCc1ccc(OCc2nnc(SCC(=O)Nc3ccccc3[N+](=O)[O-])n2CC)cc1. The van der Waals surface area contributed by atoms with Crippen LogP contribution in [0.5, 0.6) is 5.75 Å². The maximum Gasteiger partial charge on any atom is 0.292 e. The number of nitrogens with zero attached hydrogens (tertiary/aromatic N) is 4. The first kappa shape index (κ1) is 22.3. The van der Waals surface area contributed by atoms with Crippen molar-refractivity contribution < 1.29 is 14.5 Å². The van der Waals surface area contributed by atoms with Crippen molar-refractivity contribution in [3.63, 3.8) is 0 Å². The third-order valence-electron chi connectivity index (χ3n) is 4.52. The largest absolute Gasteiger partial charge is 0.486 e. The molecule has 31 heavy (non-hydrogen) atoms. The van der Waals surface area contributed by atoms with Crippen LogP contribution in [0.15, 0.2) is 53.7 Å². The Balaban J connectivity index is 1.59. The molecule has 2 aromatic carbocycles. The van der Waals surface area contributed by atoms with E-state index in [1.54, 1.807) is 12.1 Å². The van der Waals surface area contributed by atoms with Gasteiger partial charge in [-0.25, -0.2) is 0 Å². The first-order valence-electron chi connectivity index (χ1n) is 9.81. The lowest BCUT2D eigenvalue weighted by atomic mass is 10.2. The molecule has 0 saturated heterocycles. The van der Waals surface area contributed by atoms with Gasteiger partial charge in [-0.15, -0.1) is 10.2 Å². The van der Waals surface area contributed by atoms with Crippen molar-refractivity contribution in [2.45, 2.75) is 38.6 Å². The Morgan fingerprint density at radius 3 is 2.58 bits per heavy atom. The minimum absolute atomic E-state index is 0.0452. The van der Waals surface area contributed by atoms with Crippen LogP contribution in [-0.2, 0) is 24.4 Å². The molecule has 1 amide bonds. The quantitative estimate of drug-likeness (QED) is 0.287.